The van der Waals surface area contributed by atoms with Gasteiger partial charge in [0.1, 0.15) is 11.4 Å². The first-order chi connectivity index (χ1) is 10.9. The maximum atomic E-state index is 11.7. The van der Waals surface area contributed by atoms with E-state index < -0.39 is 11.9 Å². The molecule has 8 nitrogen and oxygen atoms in total. The molecule has 0 heterocycles. The minimum atomic E-state index is -0.743. The summed E-state index contributed by atoms with van der Waals surface area (Å²) < 4.78 is 14.2. The van der Waals surface area contributed by atoms with Crippen LogP contribution in [0, 0.1) is 0 Å². The molecular formula is C15H18N2O6. The Kier molecular flexibility index (Phi) is 6.60. The zero-order chi connectivity index (χ0) is 17.4. The van der Waals surface area contributed by atoms with Crippen LogP contribution in [0.5, 0.6) is 5.75 Å². The van der Waals surface area contributed by atoms with Crippen molar-refractivity contribution in [2.45, 2.75) is 6.92 Å². The molecule has 0 aliphatic heterocycles. The van der Waals surface area contributed by atoms with Gasteiger partial charge in [-0.3, -0.25) is 4.79 Å². The predicted molar refractivity (Wildman–Crippen MR) is 83.0 cm³/mol. The predicted octanol–water partition coefficient (Wildman–Crippen LogP) is 1.30. The molecule has 0 saturated heterocycles. The summed E-state index contributed by atoms with van der Waals surface area (Å²) in [6, 6.07) is 4.76. The molecule has 8 heteroatoms. The topological polar surface area (TPSA) is 103 Å². The lowest BCUT2D eigenvalue weighted by Crippen LogP contribution is -2.16. The average molecular weight is 322 g/mol. The number of anilines is 2. The number of carbonyl (C=O) groups is 3. The largest absolute Gasteiger partial charge is 0.495 e. The number of rotatable bonds is 6. The molecule has 1 rings (SSSR count). The fraction of sp³-hybridized carbons (Fsp3) is 0.267. The van der Waals surface area contributed by atoms with E-state index in [-0.39, 0.29) is 11.6 Å². The fourth-order valence-electron chi connectivity index (χ4n) is 1.66. The van der Waals surface area contributed by atoms with Gasteiger partial charge < -0.3 is 24.8 Å². The molecule has 0 fully saturated rings. The minimum Gasteiger partial charge on any atom is -0.495 e. The van der Waals surface area contributed by atoms with Crippen molar-refractivity contribution in [3.63, 3.8) is 0 Å². The van der Waals surface area contributed by atoms with Crippen LogP contribution in [0.2, 0.25) is 0 Å². The monoisotopic (exact) mass is 322 g/mol. The van der Waals surface area contributed by atoms with Gasteiger partial charge in [0.05, 0.1) is 33.1 Å². The molecule has 0 bridgehead atoms. The van der Waals surface area contributed by atoms with E-state index in [0.717, 1.165) is 6.08 Å². The third kappa shape index (κ3) is 5.34. The molecule has 0 spiro atoms. The van der Waals surface area contributed by atoms with Crippen LogP contribution in [0.1, 0.15) is 6.92 Å². The number of hydrogen-bond acceptors (Lipinski definition) is 7. The number of amides is 1. The van der Waals surface area contributed by atoms with Gasteiger partial charge in [0.25, 0.3) is 0 Å². The number of methoxy groups -OCH3 is 3. The van der Waals surface area contributed by atoms with E-state index >= 15 is 0 Å². The molecule has 0 aliphatic rings. The number of benzene rings is 1. The summed E-state index contributed by atoms with van der Waals surface area (Å²) in [5, 5.41) is 5.34. The number of nitrogens with one attached hydrogen (secondary N) is 2. The Labute approximate surface area is 133 Å². The van der Waals surface area contributed by atoms with Gasteiger partial charge in [-0.2, -0.15) is 0 Å². The quantitative estimate of drug-likeness (QED) is 0.601. The van der Waals surface area contributed by atoms with E-state index in [1.807, 2.05) is 0 Å². The van der Waals surface area contributed by atoms with Crippen LogP contribution in [0.15, 0.2) is 30.0 Å². The third-order valence-electron chi connectivity index (χ3n) is 2.66. The van der Waals surface area contributed by atoms with Gasteiger partial charge in [-0.15, -0.1) is 0 Å². The maximum Gasteiger partial charge on any atom is 0.354 e. The highest BCUT2D eigenvalue weighted by molar-refractivity contribution is 5.99. The van der Waals surface area contributed by atoms with Gasteiger partial charge in [0.15, 0.2) is 0 Å². The van der Waals surface area contributed by atoms with Crippen LogP contribution in [0.3, 0.4) is 0 Å². The van der Waals surface area contributed by atoms with Crippen molar-refractivity contribution >= 4 is 29.2 Å². The number of ether oxygens (including phenoxy) is 3. The Balaban J connectivity index is 3.13. The molecule has 2 N–H and O–H groups in total. The standard InChI is InChI=1S/C15H18N2O6/c1-9(18)16-11-7-10(5-6-13(11)21-2)17-12(15(20)23-4)8-14(19)22-3/h5-8,17H,1-4H3,(H,16,18)/b12-8+. The molecule has 0 radical (unpaired) electrons. The zero-order valence-corrected chi connectivity index (χ0v) is 13.3. The van der Waals surface area contributed by atoms with Crippen molar-refractivity contribution in [1.82, 2.24) is 0 Å². The van der Waals surface area contributed by atoms with Crippen LogP contribution >= 0.6 is 0 Å². The third-order valence-corrected chi connectivity index (χ3v) is 2.66. The first-order valence-electron chi connectivity index (χ1n) is 6.51. The van der Waals surface area contributed by atoms with Crippen molar-refractivity contribution in [1.29, 1.82) is 0 Å². The lowest BCUT2D eigenvalue weighted by molar-refractivity contribution is -0.138. The van der Waals surface area contributed by atoms with E-state index in [0.29, 0.717) is 17.1 Å². The van der Waals surface area contributed by atoms with Crippen LogP contribution in [0.4, 0.5) is 11.4 Å². The lowest BCUT2D eigenvalue weighted by atomic mass is 10.2. The molecule has 124 valence electrons. The van der Waals surface area contributed by atoms with Crippen molar-refractivity contribution in [3.05, 3.63) is 30.0 Å². The second kappa shape index (κ2) is 8.42. The van der Waals surface area contributed by atoms with Gasteiger partial charge in [0.2, 0.25) is 5.91 Å². The van der Waals surface area contributed by atoms with E-state index in [9.17, 15) is 14.4 Å². The zero-order valence-electron chi connectivity index (χ0n) is 13.3. The molecule has 0 aliphatic carbocycles. The van der Waals surface area contributed by atoms with E-state index in [2.05, 4.69) is 20.1 Å². The van der Waals surface area contributed by atoms with Crippen molar-refractivity contribution < 1.29 is 28.6 Å². The van der Waals surface area contributed by atoms with Crippen molar-refractivity contribution in [2.24, 2.45) is 0 Å². The van der Waals surface area contributed by atoms with Crippen molar-refractivity contribution in [2.75, 3.05) is 32.0 Å². The lowest BCUT2D eigenvalue weighted by Gasteiger charge is -2.13. The first kappa shape index (κ1) is 18.0. The van der Waals surface area contributed by atoms with E-state index in [4.69, 9.17) is 4.74 Å². The summed E-state index contributed by atoms with van der Waals surface area (Å²) in [6.45, 7) is 1.36. The summed E-state index contributed by atoms with van der Waals surface area (Å²) in [5.41, 5.74) is 0.737. The van der Waals surface area contributed by atoms with E-state index in [1.165, 1.54) is 28.3 Å². The van der Waals surface area contributed by atoms with Crippen molar-refractivity contribution in [3.8, 4) is 5.75 Å². The summed E-state index contributed by atoms with van der Waals surface area (Å²) >= 11 is 0. The van der Waals surface area contributed by atoms with Gasteiger partial charge >= 0.3 is 11.9 Å². The number of esters is 2. The molecule has 1 amide bonds. The van der Waals surface area contributed by atoms with Crippen LogP contribution < -0.4 is 15.4 Å². The highest BCUT2D eigenvalue weighted by atomic mass is 16.5. The molecular weight excluding hydrogens is 304 g/mol. The maximum absolute atomic E-state index is 11.7. The van der Waals surface area contributed by atoms with Crippen LogP contribution in [-0.4, -0.2) is 39.2 Å². The smallest absolute Gasteiger partial charge is 0.354 e. The van der Waals surface area contributed by atoms with Gasteiger partial charge in [-0.25, -0.2) is 9.59 Å². The summed E-state index contributed by atoms with van der Waals surface area (Å²) in [5.74, 6) is -1.29. The Hall–Kier alpha value is -3.03. The molecule has 0 unspecified atom stereocenters. The average Bonchev–Trinajstić information content (AvgIpc) is 2.53. The molecule has 23 heavy (non-hydrogen) atoms. The summed E-state index contributed by atoms with van der Waals surface area (Å²) in [7, 11) is 3.84. The first-order valence-corrected chi connectivity index (χ1v) is 6.51. The highest BCUT2D eigenvalue weighted by Gasteiger charge is 2.14. The highest BCUT2D eigenvalue weighted by Crippen LogP contribution is 2.28. The van der Waals surface area contributed by atoms with Gasteiger partial charge in [-0.1, -0.05) is 0 Å². The number of carbonyl (C=O) groups excluding carboxylic acids is 3. The Bertz CT molecular complexity index is 639. The molecule has 0 saturated carbocycles. The summed E-state index contributed by atoms with van der Waals surface area (Å²) in [4.78, 5) is 34.2. The van der Waals surface area contributed by atoms with E-state index in [1.54, 1.807) is 18.2 Å². The second-order valence-corrected chi connectivity index (χ2v) is 4.29. The van der Waals surface area contributed by atoms with Gasteiger partial charge in [0, 0.05) is 12.6 Å². The fourth-order valence-corrected chi connectivity index (χ4v) is 1.66. The molecule has 1 aromatic carbocycles. The second-order valence-electron chi connectivity index (χ2n) is 4.29. The molecule has 1 aromatic rings. The van der Waals surface area contributed by atoms with Crippen LogP contribution in [0.25, 0.3) is 0 Å². The minimum absolute atomic E-state index is 0.113. The molecule has 0 aromatic heterocycles. The Morgan fingerprint density at radius 1 is 1.04 bits per heavy atom. The SMILES string of the molecule is COC(=O)/C=C(/Nc1ccc(OC)c(NC(C)=O)c1)C(=O)OC. The van der Waals surface area contributed by atoms with Crippen LogP contribution in [-0.2, 0) is 23.9 Å². The number of hydrogen-bond donors (Lipinski definition) is 2. The molecule has 0 atom stereocenters. The normalized spacial score (nSPS) is 10.5. The Morgan fingerprint density at radius 3 is 2.26 bits per heavy atom. The Morgan fingerprint density at radius 2 is 1.74 bits per heavy atom. The van der Waals surface area contributed by atoms with Gasteiger partial charge in [-0.05, 0) is 18.2 Å². The summed E-state index contributed by atoms with van der Waals surface area (Å²) in [6.07, 6.45) is 0.966.